The van der Waals surface area contributed by atoms with Crippen LogP contribution in [0, 0.1) is 0 Å². The number of aryl methyl sites for hydroxylation is 1. The standard InChI is InChI=1S/C37H67ClO11/c1-2-3-4-5-6-7-8-9-36-10-12-37(13-11-36)49-35-34-48-33-32-47-31-30-46-29-28-45-27-26-44-25-24-43-23-22-42-21-20-41-19-18-40-17-16-39-15-14-38/h10-13H,2-9,14-35H2,1H3. The zero-order chi connectivity index (χ0) is 35.0. The first-order chi connectivity index (χ1) is 24.4. The van der Waals surface area contributed by atoms with Crippen molar-refractivity contribution in [2.45, 2.75) is 58.3 Å². The van der Waals surface area contributed by atoms with Gasteiger partial charge in [0.2, 0.25) is 0 Å². The highest BCUT2D eigenvalue weighted by Gasteiger charge is 1.99. The van der Waals surface area contributed by atoms with Crippen molar-refractivity contribution >= 4 is 11.6 Å². The molecule has 0 aromatic heterocycles. The smallest absolute Gasteiger partial charge is 0.119 e. The van der Waals surface area contributed by atoms with Crippen LogP contribution < -0.4 is 4.74 Å². The van der Waals surface area contributed by atoms with E-state index in [0.717, 1.165) is 12.2 Å². The van der Waals surface area contributed by atoms with Crippen LogP contribution in [-0.4, -0.2) is 145 Å². The molecule has 0 fully saturated rings. The third-order valence-electron chi connectivity index (χ3n) is 7.06. The van der Waals surface area contributed by atoms with Gasteiger partial charge in [-0.2, -0.15) is 0 Å². The van der Waals surface area contributed by atoms with Crippen LogP contribution in [0.4, 0.5) is 0 Å². The quantitative estimate of drug-likeness (QED) is 0.0609. The van der Waals surface area contributed by atoms with Gasteiger partial charge in [0.1, 0.15) is 12.4 Å². The largest absolute Gasteiger partial charge is 0.491 e. The molecule has 1 rings (SSSR count). The molecule has 0 bridgehead atoms. The summed E-state index contributed by atoms with van der Waals surface area (Å²) in [5.41, 5.74) is 1.38. The van der Waals surface area contributed by atoms with Crippen LogP contribution in [0.3, 0.4) is 0 Å². The fourth-order valence-corrected chi connectivity index (χ4v) is 4.50. The molecule has 0 spiro atoms. The van der Waals surface area contributed by atoms with Gasteiger partial charge >= 0.3 is 0 Å². The van der Waals surface area contributed by atoms with Gasteiger partial charge in [-0.25, -0.2) is 0 Å². The maximum Gasteiger partial charge on any atom is 0.119 e. The van der Waals surface area contributed by atoms with Crippen molar-refractivity contribution in [1.29, 1.82) is 0 Å². The maximum atomic E-state index is 5.78. The molecular formula is C37H67ClO11. The molecule has 49 heavy (non-hydrogen) atoms. The Morgan fingerprint density at radius 1 is 0.367 bits per heavy atom. The lowest BCUT2D eigenvalue weighted by Crippen LogP contribution is -2.15. The van der Waals surface area contributed by atoms with E-state index in [9.17, 15) is 0 Å². The summed E-state index contributed by atoms with van der Waals surface area (Å²) in [4.78, 5) is 0. The molecule has 0 saturated heterocycles. The summed E-state index contributed by atoms with van der Waals surface area (Å²) in [5.74, 6) is 1.39. The highest BCUT2D eigenvalue weighted by Crippen LogP contribution is 2.15. The Morgan fingerprint density at radius 3 is 1.02 bits per heavy atom. The Labute approximate surface area is 301 Å². The molecule has 12 heteroatoms. The molecule has 0 radical (unpaired) electrons. The summed E-state index contributed by atoms with van der Waals surface area (Å²) in [6.07, 6.45) is 10.5. The number of alkyl halides is 1. The Morgan fingerprint density at radius 2 is 0.673 bits per heavy atom. The van der Waals surface area contributed by atoms with Crippen molar-refractivity contribution in [2.75, 3.05) is 145 Å². The lowest BCUT2D eigenvalue weighted by Gasteiger charge is -2.09. The van der Waals surface area contributed by atoms with Crippen LogP contribution in [0.5, 0.6) is 5.75 Å². The molecule has 0 aliphatic rings. The van der Waals surface area contributed by atoms with Gasteiger partial charge in [-0.1, -0.05) is 57.6 Å². The van der Waals surface area contributed by atoms with E-state index >= 15 is 0 Å². The monoisotopic (exact) mass is 722 g/mol. The van der Waals surface area contributed by atoms with Crippen LogP contribution in [0.2, 0.25) is 0 Å². The number of halogens is 1. The van der Waals surface area contributed by atoms with E-state index < -0.39 is 0 Å². The second-order valence-electron chi connectivity index (χ2n) is 11.2. The van der Waals surface area contributed by atoms with Crippen molar-refractivity contribution in [1.82, 2.24) is 0 Å². The zero-order valence-corrected chi connectivity index (χ0v) is 31.1. The second kappa shape index (κ2) is 39.7. The van der Waals surface area contributed by atoms with Crippen LogP contribution in [0.15, 0.2) is 24.3 Å². The molecule has 0 atom stereocenters. The Hall–Kier alpha value is -1.09. The average Bonchev–Trinajstić information content (AvgIpc) is 3.12. The van der Waals surface area contributed by atoms with E-state index in [-0.39, 0.29) is 0 Å². The van der Waals surface area contributed by atoms with E-state index in [0.29, 0.717) is 145 Å². The van der Waals surface area contributed by atoms with E-state index in [2.05, 4.69) is 31.2 Å². The summed E-state index contributed by atoms with van der Waals surface area (Å²) in [7, 11) is 0. The minimum atomic E-state index is 0.499. The van der Waals surface area contributed by atoms with Crippen molar-refractivity contribution < 1.29 is 52.1 Å². The topological polar surface area (TPSA) is 102 Å². The Balaban J connectivity index is 1.70. The van der Waals surface area contributed by atoms with E-state index in [1.54, 1.807) is 0 Å². The van der Waals surface area contributed by atoms with Gasteiger partial charge in [0.25, 0.3) is 0 Å². The number of benzene rings is 1. The molecule has 1 aromatic rings. The minimum absolute atomic E-state index is 0.499. The average molecular weight is 723 g/mol. The van der Waals surface area contributed by atoms with Gasteiger partial charge in [0, 0.05) is 5.88 Å². The molecule has 0 aliphatic carbocycles. The highest BCUT2D eigenvalue weighted by atomic mass is 35.5. The predicted octanol–water partition coefficient (Wildman–Crippen LogP) is 5.76. The first-order valence-electron chi connectivity index (χ1n) is 18.4. The van der Waals surface area contributed by atoms with Crippen LogP contribution in [-0.2, 0) is 53.8 Å². The number of unbranched alkanes of at least 4 members (excludes halogenated alkanes) is 6. The molecule has 11 nitrogen and oxygen atoms in total. The number of hydrogen-bond acceptors (Lipinski definition) is 11. The van der Waals surface area contributed by atoms with E-state index in [4.69, 9.17) is 63.7 Å². The van der Waals surface area contributed by atoms with Gasteiger partial charge in [-0.15, -0.1) is 11.6 Å². The zero-order valence-electron chi connectivity index (χ0n) is 30.4. The van der Waals surface area contributed by atoms with Crippen molar-refractivity contribution in [3.63, 3.8) is 0 Å². The molecule has 0 aliphatic heterocycles. The molecule has 0 amide bonds. The first kappa shape index (κ1) is 45.9. The van der Waals surface area contributed by atoms with E-state index in [1.165, 1.54) is 50.5 Å². The Bertz CT molecular complexity index is 760. The molecule has 1 aromatic carbocycles. The van der Waals surface area contributed by atoms with Gasteiger partial charge < -0.3 is 52.1 Å². The first-order valence-corrected chi connectivity index (χ1v) is 19.0. The molecular weight excluding hydrogens is 656 g/mol. The molecule has 0 unspecified atom stereocenters. The third kappa shape index (κ3) is 35.1. The van der Waals surface area contributed by atoms with Crippen molar-refractivity contribution in [3.05, 3.63) is 29.8 Å². The summed E-state index contributed by atoms with van der Waals surface area (Å²) >= 11 is 5.52. The molecule has 0 saturated carbocycles. The van der Waals surface area contributed by atoms with Gasteiger partial charge in [-0.3, -0.25) is 0 Å². The van der Waals surface area contributed by atoms with Crippen LogP contribution in [0.25, 0.3) is 0 Å². The van der Waals surface area contributed by atoms with E-state index in [1.807, 2.05) is 0 Å². The predicted molar refractivity (Wildman–Crippen MR) is 193 cm³/mol. The lowest BCUT2D eigenvalue weighted by atomic mass is 10.0. The van der Waals surface area contributed by atoms with Crippen molar-refractivity contribution in [2.24, 2.45) is 0 Å². The summed E-state index contributed by atoms with van der Waals surface area (Å²) in [6.45, 7) is 13.3. The summed E-state index contributed by atoms with van der Waals surface area (Å²) in [5, 5.41) is 0. The number of rotatable bonds is 41. The summed E-state index contributed by atoms with van der Waals surface area (Å²) in [6, 6.07) is 8.45. The molecule has 288 valence electrons. The molecule has 0 heterocycles. The summed E-state index contributed by atoms with van der Waals surface area (Å²) < 4.78 is 60.4. The molecule has 0 N–H and O–H groups in total. The Kier molecular flexibility index (Phi) is 37.2. The van der Waals surface area contributed by atoms with Gasteiger partial charge in [-0.05, 0) is 30.5 Å². The fourth-order valence-electron chi connectivity index (χ4n) is 4.39. The van der Waals surface area contributed by atoms with Crippen molar-refractivity contribution in [3.8, 4) is 5.75 Å². The lowest BCUT2D eigenvalue weighted by molar-refractivity contribution is -0.0265. The van der Waals surface area contributed by atoms with Gasteiger partial charge in [0.15, 0.2) is 0 Å². The number of hydrogen-bond donors (Lipinski definition) is 0. The number of ether oxygens (including phenoxy) is 11. The maximum absolute atomic E-state index is 5.78. The SMILES string of the molecule is CCCCCCCCCc1ccc(OCCOCCOCCOCCOCCOCCOCCOCCOCCOCCOCCCl)cc1. The fraction of sp³-hybridized carbons (Fsp3) is 0.838. The van der Waals surface area contributed by atoms with Gasteiger partial charge in [0.05, 0.1) is 132 Å². The van der Waals surface area contributed by atoms with Crippen LogP contribution >= 0.6 is 11.6 Å². The normalized spacial score (nSPS) is 11.5. The highest BCUT2D eigenvalue weighted by molar-refractivity contribution is 6.17. The van der Waals surface area contributed by atoms with Crippen LogP contribution in [0.1, 0.15) is 57.4 Å². The third-order valence-corrected chi connectivity index (χ3v) is 7.21. The minimum Gasteiger partial charge on any atom is -0.491 e. The second-order valence-corrected chi connectivity index (χ2v) is 11.6.